The van der Waals surface area contributed by atoms with E-state index in [0.717, 1.165) is 46.7 Å². The van der Waals surface area contributed by atoms with Crippen LogP contribution in [0.3, 0.4) is 0 Å². The second kappa shape index (κ2) is 8.49. The molecule has 0 spiro atoms. The Balaban J connectivity index is 1.56. The molecule has 1 amide bonds. The SMILES string of the molecule is CSc1nc(C)c(CCC(=O)Nc2ccc(N3CCCC3)nc2)c(C)n1. The molecule has 1 N–H and O–H groups in total. The number of nitrogens with zero attached hydrogens (tertiary/aromatic N) is 4. The van der Waals surface area contributed by atoms with E-state index in [4.69, 9.17) is 0 Å². The zero-order valence-corrected chi connectivity index (χ0v) is 16.4. The second-order valence-electron chi connectivity index (χ2n) is 6.51. The van der Waals surface area contributed by atoms with Crippen LogP contribution in [0.1, 0.15) is 36.2 Å². The standard InChI is InChI=1S/C19H25N5OS/c1-13-16(14(2)22-19(21-13)26-3)7-9-18(25)23-15-6-8-17(20-12-15)24-10-4-5-11-24/h6,8,12H,4-5,7,9-11H2,1-3H3,(H,23,25). The Hall–Kier alpha value is -2.15. The van der Waals surface area contributed by atoms with Crippen LogP contribution in [-0.2, 0) is 11.2 Å². The van der Waals surface area contributed by atoms with Gasteiger partial charge in [-0.1, -0.05) is 11.8 Å². The monoisotopic (exact) mass is 371 g/mol. The van der Waals surface area contributed by atoms with Gasteiger partial charge in [-0.2, -0.15) is 0 Å². The molecule has 6 nitrogen and oxygen atoms in total. The van der Waals surface area contributed by atoms with E-state index in [2.05, 4.69) is 25.2 Å². The van der Waals surface area contributed by atoms with Crippen LogP contribution in [0.25, 0.3) is 0 Å². The molecule has 0 bridgehead atoms. The maximum Gasteiger partial charge on any atom is 0.224 e. The molecule has 7 heteroatoms. The quantitative estimate of drug-likeness (QED) is 0.620. The molecule has 0 saturated carbocycles. The molecule has 2 aromatic rings. The van der Waals surface area contributed by atoms with Crippen molar-refractivity contribution in [2.45, 2.75) is 44.7 Å². The predicted octanol–water partition coefficient (Wildman–Crippen LogP) is 3.38. The van der Waals surface area contributed by atoms with Gasteiger partial charge in [-0.05, 0) is 57.1 Å². The van der Waals surface area contributed by atoms with Crippen LogP contribution in [-0.4, -0.2) is 40.2 Å². The number of thioether (sulfide) groups is 1. The average Bonchev–Trinajstić information content (AvgIpc) is 3.16. The summed E-state index contributed by atoms with van der Waals surface area (Å²) < 4.78 is 0. The highest BCUT2D eigenvalue weighted by Crippen LogP contribution is 2.20. The van der Waals surface area contributed by atoms with E-state index in [1.54, 1.807) is 6.20 Å². The summed E-state index contributed by atoms with van der Waals surface area (Å²) in [5.41, 5.74) is 3.69. The fraction of sp³-hybridized carbons (Fsp3) is 0.474. The minimum absolute atomic E-state index is 0.0199. The molecule has 2 aromatic heterocycles. The molecular formula is C19H25N5OS. The number of nitrogens with one attached hydrogen (secondary N) is 1. The number of aromatic nitrogens is 3. The first kappa shape index (κ1) is 18.6. The van der Waals surface area contributed by atoms with Gasteiger partial charge in [-0.25, -0.2) is 15.0 Å². The Kier molecular flexibility index (Phi) is 6.08. The van der Waals surface area contributed by atoms with Crippen LogP contribution in [0.5, 0.6) is 0 Å². The summed E-state index contributed by atoms with van der Waals surface area (Å²) in [6, 6.07) is 3.90. The van der Waals surface area contributed by atoms with Gasteiger partial charge in [0.15, 0.2) is 5.16 Å². The first-order valence-electron chi connectivity index (χ1n) is 8.96. The van der Waals surface area contributed by atoms with Gasteiger partial charge in [0.25, 0.3) is 0 Å². The molecule has 1 aliphatic rings. The van der Waals surface area contributed by atoms with Gasteiger partial charge in [0, 0.05) is 30.9 Å². The summed E-state index contributed by atoms with van der Waals surface area (Å²) in [7, 11) is 0. The maximum absolute atomic E-state index is 12.3. The topological polar surface area (TPSA) is 71.0 Å². The second-order valence-corrected chi connectivity index (χ2v) is 7.28. The van der Waals surface area contributed by atoms with E-state index in [1.807, 2.05) is 32.2 Å². The molecule has 1 saturated heterocycles. The fourth-order valence-electron chi connectivity index (χ4n) is 3.22. The zero-order valence-electron chi connectivity index (χ0n) is 15.6. The fourth-order valence-corrected chi connectivity index (χ4v) is 3.67. The van der Waals surface area contributed by atoms with E-state index in [0.29, 0.717) is 12.8 Å². The third-order valence-electron chi connectivity index (χ3n) is 4.65. The van der Waals surface area contributed by atoms with Gasteiger partial charge in [0.05, 0.1) is 11.9 Å². The number of anilines is 2. The summed E-state index contributed by atoms with van der Waals surface area (Å²) >= 11 is 1.53. The van der Waals surface area contributed by atoms with Crippen molar-refractivity contribution in [1.82, 2.24) is 15.0 Å². The Bertz CT molecular complexity index is 749. The van der Waals surface area contributed by atoms with Crippen LogP contribution in [0, 0.1) is 13.8 Å². The maximum atomic E-state index is 12.3. The molecule has 0 radical (unpaired) electrons. The third-order valence-corrected chi connectivity index (χ3v) is 5.19. The van der Waals surface area contributed by atoms with Crippen molar-refractivity contribution >= 4 is 29.2 Å². The Morgan fingerprint density at radius 2 is 1.88 bits per heavy atom. The van der Waals surface area contributed by atoms with E-state index in [9.17, 15) is 4.79 Å². The van der Waals surface area contributed by atoms with Crippen molar-refractivity contribution in [1.29, 1.82) is 0 Å². The highest BCUT2D eigenvalue weighted by atomic mass is 32.2. The summed E-state index contributed by atoms with van der Waals surface area (Å²) in [6.07, 6.45) is 7.18. The molecule has 26 heavy (non-hydrogen) atoms. The molecule has 3 rings (SSSR count). The van der Waals surface area contributed by atoms with Crippen LogP contribution < -0.4 is 10.2 Å². The zero-order chi connectivity index (χ0) is 18.5. The molecule has 0 atom stereocenters. The normalized spacial score (nSPS) is 13.9. The highest BCUT2D eigenvalue weighted by molar-refractivity contribution is 7.98. The Morgan fingerprint density at radius 1 is 1.19 bits per heavy atom. The van der Waals surface area contributed by atoms with Crippen molar-refractivity contribution in [2.24, 2.45) is 0 Å². The van der Waals surface area contributed by atoms with E-state index in [-0.39, 0.29) is 5.91 Å². The van der Waals surface area contributed by atoms with Crippen molar-refractivity contribution in [2.75, 3.05) is 29.6 Å². The van der Waals surface area contributed by atoms with Gasteiger partial charge in [-0.3, -0.25) is 4.79 Å². The van der Waals surface area contributed by atoms with Crippen LogP contribution in [0.2, 0.25) is 0 Å². The van der Waals surface area contributed by atoms with Gasteiger partial charge >= 0.3 is 0 Å². The first-order chi connectivity index (χ1) is 12.6. The number of rotatable bonds is 6. The van der Waals surface area contributed by atoms with Gasteiger partial charge in [-0.15, -0.1) is 0 Å². The molecule has 1 fully saturated rings. The lowest BCUT2D eigenvalue weighted by molar-refractivity contribution is -0.116. The largest absolute Gasteiger partial charge is 0.357 e. The van der Waals surface area contributed by atoms with Crippen LogP contribution in [0.4, 0.5) is 11.5 Å². The van der Waals surface area contributed by atoms with Crippen LogP contribution >= 0.6 is 11.8 Å². The van der Waals surface area contributed by atoms with E-state index in [1.165, 1.54) is 24.6 Å². The number of pyridine rings is 1. The molecule has 3 heterocycles. The Morgan fingerprint density at radius 3 is 2.46 bits per heavy atom. The number of hydrogen-bond acceptors (Lipinski definition) is 6. The van der Waals surface area contributed by atoms with Crippen molar-refractivity contribution < 1.29 is 4.79 Å². The van der Waals surface area contributed by atoms with Gasteiger partial charge in [0.1, 0.15) is 5.82 Å². The van der Waals surface area contributed by atoms with Gasteiger partial charge in [0.2, 0.25) is 5.91 Å². The number of carbonyl (C=O) groups excluding carboxylic acids is 1. The Labute approximate surface area is 158 Å². The summed E-state index contributed by atoms with van der Waals surface area (Å²) in [4.78, 5) is 28.0. The van der Waals surface area contributed by atoms with Crippen molar-refractivity contribution in [3.8, 4) is 0 Å². The molecule has 138 valence electrons. The van der Waals surface area contributed by atoms with Crippen molar-refractivity contribution in [3.05, 3.63) is 35.3 Å². The number of aryl methyl sites for hydroxylation is 2. The lowest BCUT2D eigenvalue weighted by Crippen LogP contribution is -2.19. The summed E-state index contributed by atoms with van der Waals surface area (Å²) in [6.45, 7) is 6.08. The molecule has 1 aliphatic heterocycles. The molecule has 0 aliphatic carbocycles. The lowest BCUT2D eigenvalue weighted by atomic mass is 10.1. The summed E-state index contributed by atoms with van der Waals surface area (Å²) in [5, 5.41) is 3.70. The van der Waals surface area contributed by atoms with Crippen LogP contribution in [0.15, 0.2) is 23.5 Å². The minimum atomic E-state index is -0.0199. The smallest absolute Gasteiger partial charge is 0.224 e. The number of amides is 1. The molecule has 0 unspecified atom stereocenters. The van der Waals surface area contributed by atoms with E-state index >= 15 is 0 Å². The first-order valence-corrected chi connectivity index (χ1v) is 10.2. The number of carbonyl (C=O) groups is 1. The number of hydrogen-bond donors (Lipinski definition) is 1. The van der Waals surface area contributed by atoms with E-state index < -0.39 is 0 Å². The lowest BCUT2D eigenvalue weighted by Gasteiger charge is -2.16. The molecule has 0 aromatic carbocycles. The van der Waals surface area contributed by atoms with Gasteiger partial charge < -0.3 is 10.2 Å². The molecular weight excluding hydrogens is 346 g/mol. The average molecular weight is 372 g/mol. The summed E-state index contributed by atoms with van der Waals surface area (Å²) in [5.74, 6) is 0.964. The predicted molar refractivity (Wildman–Crippen MR) is 106 cm³/mol. The third kappa shape index (κ3) is 4.52. The highest BCUT2D eigenvalue weighted by Gasteiger charge is 2.14. The minimum Gasteiger partial charge on any atom is -0.357 e. The van der Waals surface area contributed by atoms with Crippen molar-refractivity contribution in [3.63, 3.8) is 0 Å².